The monoisotopic (exact) mass is 287 g/mol. The Morgan fingerprint density at radius 2 is 1.89 bits per heavy atom. The Balaban J connectivity index is 0.00000324. The Hall–Kier alpha value is -1.59. The number of rotatable bonds is 6. The van der Waals surface area contributed by atoms with Gasteiger partial charge in [0.25, 0.3) is 0 Å². The Labute approximate surface area is 118 Å². The average molecular weight is 288 g/mol. The van der Waals surface area contributed by atoms with Crippen LogP contribution in [0.4, 0.5) is 0 Å². The van der Waals surface area contributed by atoms with Gasteiger partial charge >= 0.3 is 11.9 Å². The standard InChI is InChI=1S/C13H17NO4.ClH/c1-17-12(15)8-7-11(14)13(16)18-9-10-5-3-2-4-6-10;/h2-6,11H,7-9,14H2,1H3;1H/t11-;/m0./s1. The smallest absolute Gasteiger partial charge is 0.323 e. The summed E-state index contributed by atoms with van der Waals surface area (Å²) < 4.78 is 9.50. The van der Waals surface area contributed by atoms with E-state index in [2.05, 4.69) is 4.74 Å². The first kappa shape index (κ1) is 17.4. The lowest BCUT2D eigenvalue weighted by Crippen LogP contribution is -2.32. The van der Waals surface area contributed by atoms with Gasteiger partial charge in [0, 0.05) is 6.42 Å². The number of hydrogen-bond donors (Lipinski definition) is 1. The summed E-state index contributed by atoms with van der Waals surface area (Å²) in [4.78, 5) is 22.4. The highest BCUT2D eigenvalue weighted by molar-refractivity contribution is 5.85. The Morgan fingerprint density at radius 3 is 2.47 bits per heavy atom. The summed E-state index contributed by atoms with van der Waals surface area (Å²) in [6.45, 7) is 0.186. The van der Waals surface area contributed by atoms with Gasteiger partial charge in [0.2, 0.25) is 0 Å². The third-order valence-electron chi connectivity index (χ3n) is 2.41. The van der Waals surface area contributed by atoms with Crippen LogP contribution in [-0.4, -0.2) is 25.1 Å². The molecule has 0 radical (unpaired) electrons. The van der Waals surface area contributed by atoms with Crippen LogP contribution in [0.5, 0.6) is 0 Å². The number of nitrogens with two attached hydrogens (primary N) is 1. The maximum atomic E-state index is 11.5. The SMILES string of the molecule is COC(=O)CC[C@H](N)C(=O)OCc1ccccc1.Cl. The molecule has 0 saturated heterocycles. The highest BCUT2D eigenvalue weighted by Gasteiger charge is 2.16. The summed E-state index contributed by atoms with van der Waals surface area (Å²) in [7, 11) is 1.29. The minimum Gasteiger partial charge on any atom is -0.469 e. The van der Waals surface area contributed by atoms with E-state index in [9.17, 15) is 9.59 Å². The third-order valence-corrected chi connectivity index (χ3v) is 2.41. The van der Waals surface area contributed by atoms with Crippen LogP contribution >= 0.6 is 12.4 Å². The fourth-order valence-corrected chi connectivity index (χ4v) is 1.33. The third kappa shape index (κ3) is 6.79. The number of esters is 2. The molecule has 0 aliphatic heterocycles. The van der Waals surface area contributed by atoms with Gasteiger partial charge in [-0.3, -0.25) is 9.59 Å². The maximum Gasteiger partial charge on any atom is 0.323 e. The van der Waals surface area contributed by atoms with Gasteiger partial charge in [-0.1, -0.05) is 30.3 Å². The molecule has 0 aliphatic rings. The molecule has 106 valence electrons. The van der Waals surface area contributed by atoms with Crippen molar-refractivity contribution in [2.45, 2.75) is 25.5 Å². The van der Waals surface area contributed by atoms with E-state index in [0.717, 1.165) is 5.56 Å². The molecule has 0 aromatic heterocycles. The molecule has 0 bridgehead atoms. The van der Waals surface area contributed by atoms with E-state index in [0.29, 0.717) is 0 Å². The quantitative estimate of drug-likeness (QED) is 0.801. The summed E-state index contributed by atoms with van der Waals surface area (Å²) in [5, 5.41) is 0. The Kier molecular flexibility index (Phi) is 8.57. The minimum absolute atomic E-state index is 0. The number of hydrogen-bond acceptors (Lipinski definition) is 5. The van der Waals surface area contributed by atoms with Gasteiger partial charge < -0.3 is 15.2 Å². The molecule has 19 heavy (non-hydrogen) atoms. The normalized spacial score (nSPS) is 11.1. The molecular formula is C13H18ClNO4. The zero-order chi connectivity index (χ0) is 13.4. The molecule has 0 saturated carbocycles. The largest absolute Gasteiger partial charge is 0.469 e. The van der Waals surface area contributed by atoms with E-state index in [-0.39, 0.29) is 37.8 Å². The van der Waals surface area contributed by atoms with Gasteiger partial charge in [-0.25, -0.2) is 0 Å². The fourth-order valence-electron chi connectivity index (χ4n) is 1.33. The number of carbonyl (C=O) groups is 2. The molecule has 0 amide bonds. The van der Waals surface area contributed by atoms with Crippen molar-refractivity contribution in [2.75, 3.05) is 7.11 Å². The predicted molar refractivity (Wildman–Crippen MR) is 72.7 cm³/mol. The minimum atomic E-state index is -0.798. The number of methoxy groups -OCH3 is 1. The second kappa shape index (κ2) is 9.35. The molecule has 1 rings (SSSR count). The topological polar surface area (TPSA) is 78.6 Å². The van der Waals surface area contributed by atoms with E-state index in [1.54, 1.807) is 0 Å². The summed E-state index contributed by atoms with van der Waals surface area (Å²) in [6, 6.07) is 8.52. The molecule has 5 nitrogen and oxygen atoms in total. The number of benzene rings is 1. The van der Waals surface area contributed by atoms with Crippen LogP contribution in [0.3, 0.4) is 0 Å². The molecule has 0 fully saturated rings. The zero-order valence-electron chi connectivity index (χ0n) is 10.7. The Morgan fingerprint density at radius 1 is 1.26 bits per heavy atom. The van der Waals surface area contributed by atoms with Gasteiger partial charge in [0.05, 0.1) is 7.11 Å². The van der Waals surface area contributed by atoms with Crippen molar-refractivity contribution in [2.24, 2.45) is 5.73 Å². The van der Waals surface area contributed by atoms with Crippen molar-refractivity contribution in [3.05, 3.63) is 35.9 Å². The number of carbonyl (C=O) groups excluding carboxylic acids is 2. The molecule has 0 aliphatic carbocycles. The summed E-state index contributed by atoms with van der Waals surface area (Å²) in [5.41, 5.74) is 6.50. The van der Waals surface area contributed by atoms with Crippen molar-refractivity contribution >= 4 is 24.3 Å². The van der Waals surface area contributed by atoms with Gasteiger partial charge in [-0.05, 0) is 12.0 Å². The van der Waals surface area contributed by atoms with E-state index in [1.807, 2.05) is 30.3 Å². The molecule has 1 aromatic rings. The molecule has 2 N–H and O–H groups in total. The van der Waals surface area contributed by atoms with Crippen LogP contribution < -0.4 is 5.73 Å². The number of halogens is 1. The van der Waals surface area contributed by atoms with Gasteiger partial charge in [0.1, 0.15) is 12.6 Å². The van der Waals surface area contributed by atoms with Crippen molar-refractivity contribution in [3.63, 3.8) is 0 Å². The van der Waals surface area contributed by atoms with Crippen molar-refractivity contribution < 1.29 is 19.1 Å². The second-order valence-electron chi connectivity index (χ2n) is 3.81. The second-order valence-corrected chi connectivity index (χ2v) is 3.81. The fraction of sp³-hybridized carbons (Fsp3) is 0.385. The lowest BCUT2D eigenvalue weighted by molar-refractivity contribution is -0.147. The first-order chi connectivity index (χ1) is 8.63. The van der Waals surface area contributed by atoms with Crippen LogP contribution in [0.15, 0.2) is 30.3 Å². The molecule has 1 aromatic carbocycles. The van der Waals surface area contributed by atoms with E-state index < -0.39 is 12.0 Å². The summed E-state index contributed by atoms with van der Waals surface area (Å²) in [6.07, 6.45) is 0.332. The predicted octanol–water partition coefficient (Wildman–Crippen LogP) is 1.43. The summed E-state index contributed by atoms with van der Waals surface area (Å²) in [5.74, 6) is -0.899. The van der Waals surface area contributed by atoms with Crippen LogP contribution in [0.2, 0.25) is 0 Å². The average Bonchev–Trinajstić information content (AvgIpc) is 2.42. The van der Waals surface area contributed by atoms with Crippen LogP contribution in [-0.2, 0) is 25.7 Å². The van der Waals surface area contributed by atoms with Crippen molar-refractivity contribution in [1.82, 2.24) is 0 Å². The van der Waals surface area contributed by atoms with Crippen molar-refractivity contribution in [1.29, 1.82) is 0 Å². The van der Waals surface area contributed by atoms with Gasteiger partial charge in [-0.2, -0.15) is 0 Å². The van der Waals surface area contributed by atoms with E-state index in [1.165, 1.54) is 7.11 Å². The molecule has 0 heterocycles. The number of ether oxygens (including phenoxy) is 2. The molecule has 0 spiro atoms. The first-order valence-electron chi connectivity index (χ1n) is 5.66. The molecule has 0 unspecified atom stereocenters. The lowest BCUT2D eigenvalue weighted by atomic mass is 10.2. The molecule has 6 heteroatoms. The van der Waals surface area contributed by atoms with Gasteiger partial charge in [0.15, 0.2) is 0 Å². The molecule has 1 atom stereocenters. The highest BCUT2D eigenvalue weighted by atomic mass is 35.5. The Bertz CT molecular complexity index is 397. The van der Waals surface area contributed by atoms with Gasteiger partial charge in [-0.15, -0.1) is 12.4 Å². The lowest BCUT2D eigenvalue weighted by Gasteiger charge is -2.10. The highest BCUT2D eigenvalue weighted by Crippen LogP contribution is 2.04. The first-order valence-corrected chi connectivity index (χ1v) is 5.66. The summed E-state index contributed by atoms with van der Waals surface area (Å²) >= 11 is 0. The van der Waals surface area contributed by atoms with Crippen molar-refractivity contribution in [3.8, 4) is 0 Å². The maximum absolute atomic E-state index is 11.5. The van der Waals surface area contributed by atoms with Crippen LogP contribution in [0.25, 0.3) is 0 Å². The van der Waals surface area contributed by atoms with Crippen LogP contribution in [0, 0.1) is 0 Å². The van der Waals surface area contributed by atoms with Crippen LogP contribution in [0.1, 0.15) is 18.4 Å². The molecular weight excluding hydrogens is 270 g/mol. The van der Waals surface area contributed by atoms with E-state index in [4.69, 9.17) is 10.5 Å². The zero-order valence-corrected chi connectivity index (χ0v) is 11.5. The van der Waals surface area contributed by atoms with E-state index >= 15 is 0 Å².